The van der Waals surface area contributed by atoms with Crippen LogP contribution in [-0.2, 0) is 0 Å². The molecule has 2 bridgehead atoms. The molecule has 3 heterocycles. The van der Waals surface area contributed by atoms with Crippen molar-refractivity contribution < 1.29 is 0 Å². The molecule has 1 aromatic rings. The van der Waals surface area contributed by atoms with Crippen LogP contribution in [0.4, 0.5) is 0 Å². The molecule has 0 saturated heterocycles. The molecule has 0 fully saturated rings. The summed E-state index contributed by atoms with van der Waals surface area (Å²) >= 11 is 0.807. The Morgan fingerprint density at radius 2 is 1.54 bits per heavy atom. The van der Waals surface area contributed by atoms with Gasteiger partial charge in [-0.15, -0.1) is 0 Å². The third-order valence-corrected chi connectivity index (χ3v) is 3.45. The number of aromatic nitrogens is 2. The second-order valence-corrected chi connectivity index (χ2v) is 4.32. The van der Waals surface area contributed by atoms with Crippen LogP contribution in [0.1, 0.15) is 24.9 Å². The first kappa shape index (κ1) is 7.32. The quantitative estimate of drug-likeness (QED) is 0.568. The van der Waals surface area contributed by atoms with Gasteiger partial charge in [-0.25, -0.2) is 9.36 Å². The van der Waals surface area contributed by atoms with E-state index in [2.05, 4.69) is 0 Å². The molecule has 5 heteroatoms. The number of rotatable bonds is 0. The summed E-state index contributed by atoms with van der Waals surface area (Å²) < 4.78 is 3.20. The van der Waals surface area contributed by atoms with Gasteiger partial charge in [-0.05, 0) is 24.2 Å². The molecular formula is C8H8N2O2S. The van der Waals surface area contributed by atoms with E-state index in [0.717, 1.165) is 24.2 Å². The summed E-state index contributed by atoms with van der Waals surface area (Å²) in [6, 6.07) is 0.243. The summed E-state index contributed by atoms with van der Waals surface area (Å²) in [4.78, 5) is 22.6. The number of nitrogens with zero attached hydrogens (tertiary/aromatic N) is 2. The van der Waals surface area contributed by atoms with Crippen LogP contribution in [0.5, 0.6) is 0 Å². The maximum absolute atomic E-state index is 11.4. The van der Waals surface area contributed by atoms with Crippen LogP contribution in [0.2, 0.25) is 0 Å². The van der Waals surface area contributed by atoms with E-state index in [-0.39, 0.29) is 21.8 Å². The lowest BCUT2D eigenvalue weighted by molar-refractivity contribution is 0.257. The van der Waals surface area contributed by atoms with Gasteiger partial charge in [0.2, 0.25) is 0 Å². The van der Waals surface area contributed by atoms with Crippen LogP contribution >= 0.6 is 11.3 Å². The van der Waals surface area contributed by atoms with Gasteiger partial charge in [0.15, 0.2) is 0 Å². The lowest BCUT2D eigenvalue weighted by atomic mass is 9.96. The summed E-state index contributed by atoms with van der Waals surface area (Å²) in [5, 5.41) is 0. The predicted molar refractivity (Wildman–Crippen MR) is 49.3 cm³/mol. The zero-order chi connectivity index (χ0) is 9.00. The maximum atomic E-state index is 11.4. The normalized spacial score (nSPS) is 29.2. The fourth-order valence-corrected chi connectivity index (χ4v) is 2.92. The SMILES string of the molecule is O=c1sc(=O)n2n1C1C=CC2CC1. The third kappa shape index (κ3) is 0.798. The van der Waals surface area contributed by atoms with E-state index in [4.69, 9.17) is 0 Å². The highest BCUT2D eigenvalue weighted by Gasteiger charge is 2.31. The molecule has 68 valence electrons. The summed E-state index contributed by atoms with van der Waals surface area (Å²) in [6.07, 6.45) is 6.03. The Labute approximate surface area is 77.7 Å². The molecule has 0 radical (unpaired) electrons. The van der Waals surface area contributed by atoms with Crippen molar-refractivity contribution >= 4 is 11.3 Å². The van der Waals surface area contributed by atoms with Crippen molar-refractivity contribution in [2.45, 2.75) is 24.9 Å². The standard InChI is InChI=1S/C8H8N2O2S/c11-7-9-5-1-2-6(4-3-5)10(9)8(12)13-7/h1-2,5-6H,3-4H2. The van der Waals surface area contributed by atoms with Crippen molar-refractivity contribution in [3.05, 3.63) is 31.5 Å². The second-order valence-electron chi connectivity index (χ2n) is 3.42. The van der Waals surface area contributed by atoms with Gasteiger partial charge in [-0.3, -0.25) is 9.59 Å². The first-order chi connectivity index (χ1) is 6.27. The molecular weight excluding hydrogens is 188 g/mol. The number of hydrogen-bond acceptors (Lipinski definition) is 3. The Hall–Kier alpha value is -1.10. The van der Waals surface area contributed by atoms with Crippen molar-refractivity contribution in [3.63, 3.8) is 0 Å². The maximum Gasteiger partial charge on any atom is 0.327 e. The van der Waals surface area contributed by atoms with E-state index in [9.17, 15) is 9.59 Å². The minimum absolute atomic E-state index is 0.121. The number of allylic oxidation sites excluding steroid dienone is 2. The van der Waals surface area contributed by atoms with Crippen LogP contribution in [0.25, 0.3) is 0 Å². The van der Waals surface area contributed by atoms with E-state index in [0.29, 0.717) is 0 Å². The first-order valence-corrected chi connectivity index (χ1v) is 5.11. The molecule has 1 aromatic heterocycles. The van der Waals surface area contributed by atoms with Gasteiger partial charge in [-0.2, -0.15) is 0 Å². The van der Waals surface area contributed by atoms with Crippen molar-refractivity contribution in [2.75, 3.05) is 0 Å². The zero-order valence-corrected chi connectivity index (χ0v) is 7.66. The Morgan fingerprint density at radius 1 is 1.08 bits per heavy atom. The lowest BCUT2D eigenvalue weighted by Gasteiger charge is -2.33. The molecule has 3 aliphatic rings. The minimum Gasteiger partial charge on any atom is -0.255 e. The largest absolute Gasteiger partial charge is 0.327 e. The average molecular weight is 196 g/mol. The highest BCUT2D eigenvalue weighted by atomic mass is 32.1. The summed E-state index contributed by atoms with van der Waals surface area (Å²) in [5.41, 5.74) is 0. The molecule has 4 rings (SSSR count). The fourth-order valence-electron chi connectivity index (χ4n) is 2.13. The predicted octanol–water partition coefficient (Wildman–Crippen LogP) is 0.517. The van der Waals surface area contributed by atoms with E-state index < -0.39 is 0 Å². The molecule has 0 spiro atoms. The van der Waals surface area contributed by atoms with Crippen LogP contribution in [0.15, 0.2) is 21.7 Å². The number of fused-ring (bicyclic) bond motifs is 1. The van der Waals surface area contributed by atoms with Gasteiger partial charge < -0.3 is 0 Å². The van der Waals surface area contributed by atoms with Crippen LogP contribution in [0.3, 0.4) is 0 Å². The molecule has 13 heavy (non-hydrogen) atoms. The minimum atomic E-state index is -0.121. The van der Waals surface area contributed by atoms with Crippen LogP contribution in [-0.4, -0.2) is 9.36 Å². The Kier molecular flexibility index (Phi) is 1.25. The number of hydrogen-bond donors (Lipinski definition) is 0. The lowest BCUT2D eigenvalue weighted by Crippen LogP contribution is -2.39. The van der Waals surface area contributed by atoms with E-state index in [1.165, 1.54) is 0 Å². The van der Waals surface area contributed by atoms with E-state index in [1.54, 1.807) is 9.36 Å². The molecule has 0 N–H and O–H groups in total. The van der Waals surface area contributed by atoms with Gasteiger partial charge in [-0.1, -0.05) is 12.2 Å². The monoisotopic (exact) mass is 196 g/mol. The second kappa shape index (κ2) is 2.23. The van der Waals surface area contributed by atoms with E-state index in [1.807, 2.05) is 12.2 Å². The molecule has 0 amide bonds. The van der Waals surface area contributed by atoms with Gasteiger partial charge >= 0.3 is 9.75 Å². The molecule has 0 aromatic carbocycles. The molecule has 2 atom stereocenters. The smallest absolute Gasteiger partial charge is 0.255 e. The summed E-state index contributed by atoms with van der Waals surface area (Å²) in [7, 11) is 0. The van der Waals surface area contributed by atoms with Crippen molar-refractivity contribution in [1.29, 1.82) is 0 Å². The van der Waals surface area contributed by atoms with Crippen molar-refractivity contribution in [2.24, 2.45) is 0 Å². The Bertz CT molecular complexity index is 450. The first-order valence-electron chi connectivity index (χ1n) is 4.30. The highest BCUT2D eigenvalue weighted by Crippen LogP contribution is 2.33. The van der Waals surface area contributed by atoms with Crippen molar-refractivity contribution in [3.8, 4) is 0 Å². The summed E-state index contributed by atoms with van der Waals surface area (Å²) in [5.74, 6) is 0. The Morgan fingerprint density at radius 3 is 1.92 bits per heavy atom. The van der Waals surface area contributed by atoms with Crippen molar-refractivity contribution in [1.82, 2.24) is 9.36 Å². The van der Waals surface area contributed by atoms with Gasteiger partial charge in [0.1, 0.15) is 0 Å². The average Bonchev–Trinajstić information content (AvgIpc) is 2.47. The highest BCUT2D eigenvalue weighted by molar-refractivity contribution is 7.06. The van der Waals surface area contributed by atoms with E-state index >= 15 is 0 Å². The van der Waals surface area contributed by atoms with Gasteiger partial charge in [0.25, 0.3) is 0 Å². The van der Waals surface area contributed by atoms with Crippen LogP contribution in [0, 0.1) is 0 Å². The molecule has 1 aliphatic carbocycles. The fraction of sp³-hybridized carbons (Fsp3) is 0.500. The van der Waals surface area contributed by atoms with Gasteiger partial charge in [0, 0.05) is 0 Å². The molecule has 0 saturated carbocycles. The van der Waals surface area contributed by atoms with Crippen LogP contribution < -0.4 is 9.75 Å². The zero-order valence-electron chi connectivity index (χ0n) is 6.84. The summed E-state index contributed by atoms with van der Waals surface area (Å²) in [6.45, 7) is 0. The Balaban J connectivity index is 2.42. The molecule has 2 aliphatic heterocycles. The molecule has 2 unspecified atom stereocenters. The molecule has 4 nitrogen and oxygen atoms in total. The third-order valence-electron chi connectivity index (χ3n) is 2.72. The van der Waals surface area contributed by atoms with Gasteiger partial charge in [0.05, 0.1) is 12.1 Å². The topological polar surface area (TPSA) is 44.0 Å².